The average Bonchev–Trinajstić information content (AvgIpc) is 3.23. The second-order valence-electron chi connectivity index (χ2n) is 7.72. The lowest BCUT2D eigenvalue weighted by atomic mass is 10.2. The summed E-state index contributed by atoms with van der Waals surface area (Å²) in [6.45, 7) is 6.45. The third kappa shape index (κ3) is 5.68. The zero-order valence-electron chi connectivity index (χ0n) is 19.1. The number of thiocarbonyl (C=S) groups is 1. The molecule has 0 fully saturated rings. The van der Waals surface area contributed by atoms with Gasteiger partial charge in [0.25, 0.3) is 5.91 Å². The molecule has 0 unspecified atom stereocenters. The van der Waals surface area contributed by atoms with Crippen molar-refractivity contribution in [2.45, 2.75) is 26.9 Å². The van der Waals surface area contributed by atoms with Gasteiger partial charge in [0.1, 0.15) is 22.5 Å². The van der Waals surface area contributed by atoms with Gasteiger partial charge in [-0.15, -0.1) is 10.2 Å². The van der Waals surface area contributed by atoms with Crippen LogP contribution in [0.25, 0.3) is 16.7 Å². The Morgan fingerprint density at radius 2 is 1.65 bits per heavy atom. The van der Waals surface area contributed by atoms with E-state index < -0.39 is 0 Å². The van der Waals surface area contributed by atoms with Crippen molar-refractivity contribution in [2.24, 2.45) is 0 Å². The van der Waals surface area contributed by atoms with Crippen molar-refractivity contribution in [1.82, 2.24) is 20.3 Å². The number of amides is 1. The fraction of sp³-hybridized carbons (Fsp3) is 0.200. The van der Waals surface area contributed by atoms with Crippen molar-refractivity contribution in [3.05, 3.63) is 72.3 Å². The van der Waals surface area contributed by atoms with Gasteiger partial charge in [-0.2, -0.15) is 4.80 Å². The normalized spacial score (nSPS) is 10.8. The van der Waals surface area contributed by atoms with E-state index in [4.69, 9.17) is 21.7 Å². The summed E-state index contributed by atoms with van der Waals surface area (Å²) in [6, 6.07) is 20.0. The first-order chi connectivity index (χ1) is 16.4. The summed E-state index contributed by atoms with van der Waals surface area (Å²) >= 11 is 5.31. The third-order valence-corrected chi connectivity index (χ3v) is 4.94. The summed E-state index contributed by atoms with van der Waals surface area (Å²) in [5.41, 5.74) is 3.42. The molecule has 0 bridgehead atoms. The van der Waals surface area contributed by atoms with E-state index in [-0.39, 0.29) is 17.1 Å². The van der Waals surface area contributed by atoms with E-state index in [2.05, 4.69) is 20.8 Å². The number of hydrogen-bond donors (Lipinski definition) is 2. The monoisotopic (exact) mass is 475 g/mol. The molecule has 0 radical (unpaired) electrons. The first-order valence-corrected chi connectivity index (χ1v) is 11.3. The summed E-state index contributed by atoms with van der Waals surface area (Å²) in [5.74, 6) is 1.19. The molecule has 1 amide bonds. The smallest absolute Gasteiger partial charge is 0.257 e. The van der Waals surface area contributed by atoms with E-state index in [0.29, 0.717) is 29.1 Å². The molecule has 2 N–H and O–H groups in total. The predicted molar refractivity (Wildman–Crippen MR) is 136 cm³/mol. The van der Waals surface area contributed by atoms with Crippen molar-refractivity contribution < 1.29 is 14.3 Å². The number of nitrogens with zero attached hydrogens (tertiary/aromatic N) is 3. The summed E-state index contributed by atoms with van der Waals surface area (Å²) in [6.07, 6.45) is 0.0660. The number of benzene rings is 3. The maximum Gasteiger partial charge on any atom is 0.257 e. The van der Waals surface area contributed by atoms with Gasteiger partial charge in [-0.05, 0) is 99.7 Å². The quantitative estimate of drug-likeness (QED) is 0.373. The summed E-state index contributed by atoms with van der Waals surface area (Å²) in [7, 11) is 0. The van der Waals surface area contributed by atoms with Crippen molar-refractivity contribution in [1.29, 1.82) is 0 Å². The summed E-state index contributed by atoms with van der Waals surface area (Å²) < 4.78 is 11.1. The molecular formula is C25H25N5O3S. The van der Waals surface area contributed by atoms with E-state index in [1.54, 1.807) is 29.1 Å². The lowest BCUT2D eigenvalue weighted by Crippen LogP contribution is -2.34. The first-order valence-electron chi connectivity index (χ1n) is 10.9. The number of anilines is 1. The highest BCUT2D eigenvalue weighted by Gasteiger charge is 2.10. The van der Waals surface area contributed by atoms with Gasteiger partial charge in [-0.25, -0.2) is 0 Å². The Kier molecular flexibility index (Phi) is 7.03. The summed E-state index contributed by atoms with van der Waals surface area (Å²) in [5, 5.41) is 15.0. The number of nitrogens with one attached hydrogen (secondary N) is 2. The van der Waals surface area contributed by atoms with Crippen LogP contribution in [-0.4, -0.2) is 38.7 Å². The largest absolute Gasteiger partial charge is 0.494 e. The van der Waals surface area contributed by atoms with Gasteiger partial charge in [0.05, 0.1) is 18.4 Å². The molecule has 34 heavy (non-hydrogen) atoms. The van der Waals surface area contributed by atoms with Crippen LogP contribution in [0.2, 0.25) is 0 Å². The molecule has 4 rings (SSSR count). The molecule has 9 heteroatoms. The topological polar surface area (TPSA) is 90.3 Å². The molecule has 4 aromatic rings. The van der Waals surface area contributed by atoms with Gasteiger partial charge in [-0.1, -0.05) is 0 Å². The number of aromatic nitrogens is 3. The van der Waals surface area contributed by atoms with Crippen LogP contribution in [0.5, 0.6) is 11.5 Å². The van der Waals surface area contributed by atoms with Crippen LogP contribution in [0.4, 0.5) is 5.69 Å². The molecule has 1 heterocycles. The second kappa shape index (κ2) is 10.3. The second-order valence-corrected chi connectivity index (χ2v) is 8.13. The molecule has 0 atom stereocenters. The van der Waals surface area contributed by atoms with Crippen LogP contribution < -0.4 is 20.1 Å². The molecule has 0 aliphatic heterocycles. The molecule has 0 saturated heterocycles. The van der Waals surface area contributed by atoms with E-state index >= 15 is 0 Å². The molecule has 8 nitrogen and oxygen atoms in total. The Labute approximate surface area is 202 Å². The zero-order valence-corrected chi connectivity index (χ0v) is 19.9. The van der Waals surface area contributed by atoms with Gasteiger partial charge in [0, 0.05) is 11.3 Å². The number of rotatable bonds is 7. The number of hydrogen-bond acceptors (Lipinski definition) is 6. The van der Waals surface area contributed by atoms with Crippen molar-refractivity contribution in [3.63, 3.8) is 0 Å². The standard InChI is InChI=1S/C25H25N5O3S/c1-4-32-20-12-8-19(9-13-20)30-28-22-14-7-18(15-23(22)29-30)26-25(34)27-24(31)17-5-10-21(11-6-17)33-16(2)3/h5-16H,4H2,1-3H3,(H2,26,27,31,34). The van der Waals surface area contributed by atoms with Crippen molar-refractivity contribution >= 4 is 40.0 Å². The molecule has 1 aromatic heterocycles. The minimum absolute atomic E-state index is 0.0660. The Morgan fingerprint density at radius 1 is 0.971 bits per heavy atom. The lowest BCUT2D eigenvalue weighted by molar-refractivity contribution is 0.0977. The Bertz CT molecular complexity index is 1300. The molecule has 0 saturated carbocycles. The molecule has 0 aliphatic rings. The first kappa shape index (κ1) is 23.2. The maximum absolute atomic E-state index is 12.5. The number of carbonyl (C=O) groups excluding carboxylic acids is 1. The number of ether oxygens (including phenoxy) is 2. The van der Waals surface area contributed by atoms with Crippen LogP contribution in [0.1, 0.15) is 31.1 Å². The predicted octanol–water partition coefficient (Wildman–Crippen LogP) is 4.73. The molecule has 0 spiro atoms. The summed E-state index contributed by atoms with van der Waals surface area (Å²) in [4.78, 5) is 14.1. The Balaban J connectivity index is 1.40. The molecule has 3 aromatic carbocycles. The van der Waals surface area contributed by atoms with Crippen LogP contribution in [-0.2, 0) is 0 Å². The maximum atomic E-state index is 12.5. The van der Waals surface area contributed by atoms with E-state index in [1.165, 1.54) is 0 Å². The third-order valence-electron chi connectivity index (χ3n) is 4.73. The van der Waals surface area contributed by atoms with Crippen LogP contribution in [0.15, 0.2) is 66.7 Å². The fourth-order valence-electron chi connectivity index (χ4n) is 3.24. The zero-order chi connectivity index (χ0) is 24.1. The van der Waals surface area contributed by atoms with Crippen LogP contribution >= 0.6 is 12.2 Å². The van der Waals surface area contributed by atoms with Crippen LogP contribution in [0, 0.1) is 0 Å². The van der Waals surface area contributed by atoms with Crippen LogP contribution in [0.3, 0.4) is 0 Å². The highest BCUT2D eigenvalue weighted by molar-refractivity contribution is 7.80. The fourth-order valence-corrected chi connectivity index (χ4v) is 3.46. The van der Waals surface area contributed by atoms with Gasteiger partial charge >= 0.3 is 0 Å². The lowest BCUT2D eigenvalue weighted by Gasteiger charge is -2.11. The molecular weight excluding hydrogens is 450 g/mol. The van der Waals surface area contributed by atoms with Crippen molar-refractivity contribution in [2.75, 3.05) is 11.9 Å². The van der Waals surface area contributed by atoms with Gasteiger partial charge < -0.3 is 14.8 Å². The minimum atomic E-state index is -0.309. The van der Waals surface area contributed by atoms with E-state index in [1.807, 2.05) is 63.2 Å². The number of fused-ring (bicyclic) bond motifs is 1. The average molecular weight is 476 g/mol. The van der Waals surface area contributed by atoms with Gasteiger partial charge in [0.2, 0.25) is 0 Å². The van der Waals surface area contributed by atoms with E-state index in [9.17, 15) is 4.79 Å². The van der Waals surface area contributed by atoms with Gasteiger partial charge in [0.15, 0.2) is 5.11 Å². The Morgan fingerprint density at radius 3 is 2.32 bits per heavy atom. The Hall–Kier alpha value is -3.98. The minimum Gasteiger partial charge on any atom is -0.494 e. The molecule has 0 aliphatic carbocycles. The highest BCUT2D eigenvalue weighted by atomic mass is 32.1. The van der Waals surface area contributed by atoms with Gasteiger partial charge in [-0.3, -0.25) is 10.1 Å². The highest BCUT2D eigenvalue weighted by Crippen LogP contribution is 2.19. The van der Waals surface area contributed by atoms with Crippen molar-refractivity contribution in [3.8, 4) is 17.2 Å². The number of carbonyl (C=O) groups is 1. The molecule has 174 valence electrons. The van der Waals surface area contributed by atoms with E-state index in [0.717, 1.165) is 17.0 Å². The SMILES string of the molecule is CCOc1ccc(-n2nc3ccc(NC(=S)NC(=O)c4ccc(OC(C)C)cc4)cc3n2)cc1.